The Hall–Kier alpha value is -1.58. The fourth-order valence-corrected chi connectivity index (χ4v) is 18.5. The van der Waals surface area contributed by atoms with Crippen LogP contribution < -0.4 is 0 Å². The molecule has 0 aromatic carbocycles. The summed E-state index contributed by atoms with van der Waals surface area (Å²) in [4.78, 5) is 0. The van der Waals surface area contributed by atoms with Crippen molar-refractivity contribution in [1.29, 1.82) is 0 Å². The van der Waals surface area contributed by atoms with E-state index in [1.165, 1.54) is 5.57 Å². The summed E-state index contributed by atoms with van der Waals surface area (Å²) in [5, 5.41) is 209. The molecule has 552 valence electrons. The van der Waals surface area contributed by atoms with Crippen LogP contribution in [0.5, 0.6) is 0 Å². The van der Waals surface area contributed by atoms with Crippen LogP contribution in [0.25, 0.3) is 0 Å². The van der Waals surface area contributed by atoms with E-state index >= 15 is 0 Å². The molecule has 4 aliphatic carbocycles. The van der Waals surface area contributed by atoms with Crippen LogP contribution in [0, 0.1) is 46.3 Å². The molecule has 96 heavy (non-hydrogen) atoms. The van der Waals surface area contributed by atoms with Crippen molar-refractivity contribution in [3.05, 3.63) is 11.6 Å². The zero-order chi connectivity index (χ0) is 68.9. The summed E-state index contributed by atoms with van der Waals surface area (Å²) in [7, 11) is 0. The zero-order valence-corrected chi connectivity index (χ0v) is 54.0. The smallest absolute Gasteiger partial charge is 0.187 e. The number of hydrogen-bond acceptors (Lipinski definition) is 33. The fraction of sp³-hybridized carbons (Fsp3) is 0.968. The first-order valence-corrected chi connectivity index (χ1v) is 34.1. The summed E-state index contributed by atoms with van der Waals surface area (Å²) >= 11 is 0. The number of aliphatic hydroxyl groups excluding tert-OH is 19. The van der Waals surface area contributed by atoms with Crippen LogP contribution in [-0.2, 0) is 66.3 Å². The summed E-state index contributed by atoms with van der Waals surface area (Å²) in [5.41, 5.74) is 1.29. The lowest BCUT2D eigenvalue weighted by molar-refractivity contribution is -0.411. The van der Waals surface area contributed by atoms with Crippen LogP contribution in [0.2, 0.25) is 0 Å². The minimum Gasteiger partial charge on any atom is -0.394 e. The average molecular weight is 1390 g/mol. The first kappa shape index (κ1) is 74.1. The SMILES string of the molecule is C[C@@H]1CC[C@@]2(OC1)OC1C[C@H]3[C@@H]4CC=C5C[C@@H](O[C@@H]6O[C@H](CO)[C@@H](O)[C@H](O[C@@H]7O[C@H](CO)[C@H](O[C@@H]8O[C@H](CO)[C@@H](O)[C@H](O[C@@H]9O[C@H](CO)[C@@H](O)[C@H](O[C@@H]%10O[C@H](CO)[C@@H](O)[C@H](O)[C@H]%10O)[C@H]9O[C@@H]9O[C@H](CO)[C@@H](O)[C@H](O)[C@H]9O)[C@H]8O)[C@H](O)[C@H]7O)[C@H]6O)CC[C@]5(C)[C@H]4CC[C@]3(C)C1[C@@H]2C. The zero-order valence-electron chi connectivity index (χ0n) is 54.0. The molecule has 0 aromatic heterocycles. The maximum absolute atomic E-state index is 12.0. The van der Waals surface area contributed by atoms with Crippen molar-refractivity contribution >= 4 is 0 Å². The maximum Gasteiger partial charge on any atom is 0.187 e. The van der Waals surface area contributed by atoms with Gasteiger partial charge in [-0.25, -0.2) is 0 Å². The van der Waals surface area contributed by atoms with Crippen LogP contribution in [-0.4, -0.2) is 346 Å². The van der Waals surface area contributed by atoms with E-state index in [4.69, 9.17) is 66.3 Å². The van der Waals surface area contributed by atoms with Crippen molar-refractivity contribution < 1.29 is 163 Å². The molecule has 8 aliphatic heterocycles. The summed E-state index contributed by atoms with van der Waals surface area (Å²) < 4.78 is 84.8. The van der Waals surface area contributed by atoms with Gasteiger partial charge in [0.05, 0.1) is 58.5 Å². The molecule has 12 aliphatic rings. The van der Waals surface area contributed by atoms with Gasteiger partial charge in [0.2, 0.25) is 0 Å². The lowest BCUT2D eigenvalue weighted by Crippen LogP contribution is -2.69. The van der Waals surface area contributed by atoms with Gasteiger partial charge in [-0.3, -0.25) is 0 Å². The Kier molecular flexibility index (Phi) is 22.8. The molecule has 11 fully saturated rings. The summed E-state index contributed by atoms with van der Waals surface area (Å²) in [6.45, 7) is 4.34. The first-order chi connectivity index (χ1) is 45.7. The van der Waals surface area contributed by atoms with Crippen LogP contribution >= 0.6 is 0 Å². The van der Waals surface area contributed by atoms with Crippen molar-refractivity contribution in [1.82, 2.24) is 0 Å². The fourth-order valence-electron chi connectivity index (χ4n) is 18.5. The molecule has 8 heterocycles. The highest BCUT2D eigenvalue weighted by atomic mass is 16.8. The van der Waals surface area contributed by atoms with E-state index in [2.05, 4.69) is 33.8 Å². The maximum atomic E-state index is 12.0. The molecule has 19 N–H and O–H groups in total. The van der Waals surface area contributed by atoms with Gasteiger partial charge in [0.25, 0.3) is 0 Å². The highest BCUT2D eigenvalue weighted by molar-refractivity contribution is 5.27. The van der Waals surface area contributed by atoms with Gasteiger partial charge in [0.15, 0.2) is 43.5 Å². The molecule has 0 amide bonds. The molecule has 0 radical (unpaired) electrons. The van der Waals surface area contributed by atoms with Crippen LogP contribution in [0.3, 0.4) is 0 Å². The summed E-state index contributed by atoms with van der Waals surface area (Å²) in [6.07, 6.45) is -48.4. The van der Waals surface area contributed by atoms with Gasteiger partial charge in [0.1, 0.15) is 146 Å². The largest absolute Gasteiger partial charge is 0.394 e. The number of fused-ring (bicyclic) bond motifs is 7. The van der Waals surface area contributed by atoms with E-state index in [9.17, 15) is 97.0 Å². The standard InChI is InChI=1S/C63H102O33/c1-22-7-12-63(83-21-22)23(2)36-29(96-63)14-28-26-6-5-24-13-25(8-10-61(24,3)27(26)9-11-62(28,36)4)84-58-48(81)51(39(72)32(17-66)87-58)92-57-47(80)44(77)50(35(20-69)90-57)91-59-49(82)52(40(73)33(18-67)88-59)93-60-54(95-56-46(79)43(76)38(71)31(16-65)86-56)53(41(74)34(19-68)89-60)94-55-45(78)42(75)37(70)30(15-64)85-55/h5,22-23,25-60,64-82H,6-21H2,1-4H3/t22-,23+,25+,26-,27+,28+,29?,30-,31-,32-,33-,34-,35-,36?,37-,38-,39-,40-,41-,42+,43+,44-,45-,46-,47-,48-,49-,50+,51+,52+,53+,54-,55+,56+,57+,58-,59+,60+,61+,62+,63-/m1/s1. The lowest BCUT2D eigenvalue weighted by atomic mass is 9.47. The van der Waals surface area contributed by atoms with Crippen LogP contribution in [0.4, 0.5) is 0 Å². The Morgan fingerprint density at radius 2 is 0.875 bits per heavy atom. The molecular formula is C63H102O33. The second-order valence-corrected chi connectivity index (χ2v) is 29.5. The third-order valence-corrected chi connectivity index (χ3v) is 24.1. The molecule has 2 unspecified atom stereocenters. The van der Waals surface area contributed by atoms with Gasteiger partial charge < -0.3 is 163 Å². The van der Waals surface area contributed by atoms with Gasteiger partial charge in [-0.2, -0.15) is 0 Å². The number of rotatable bonds is 18. The topological polar surface area (TPSA) is 514 Å². The quantitative estimate of drug-likeness (QED) is 0.0567. The van der Waals surface area contributed by atoms with E-state index in [-0.39, 0.29) is 16.9 Å². The molecule has 41 atom stereocenters. The number of hydrogen-bond donors (Lipinski definition) is 19. The average Bonchev–Trinajstić information content (AvgIpc) is 1.51. The van der Waals surface area contributed by atoms with Crippen molar-refractivity contribution in [2.75, 3.05) is 46.2 Å². The third-order valence-electron chi connectivity index (χ3n) is 24.1. The van der Waals surface area contributed by atoms with Gasteiger partial charge >= 0.3 is 0 Å². The Morgan fingerprint density at radius 1 is 0.427 bits per heavy atom. The predicted octanol–water partition coefficient (Wildman–Crippen LogP) is -7.34. The van der Waals surface area contributed by atoms with E-state index in [1.807, 2.05) is 0 Å². The van der Waals surface area contributed by atoms with E-state index < -0.39 is 236 Å². The number of aliphatic hydroxyl groups is 19. The van der Waals surface area contributed by atoms with Crippen LogP contribution in [0.1, 0.15) is 85.5 Å². The van der Waals surface area contributed by atoms with E-state index in [0.717, 1.165) is 51.6 Å². The minimum atomic E-state index is -2.30. The summed E-state index contributed by atoms with van der Waals surface area (Å²) in [5.74, 6) is 2.17. The molecule has 1 spiro atoms. The Bertz CT molecular complexity index is 2590. The van der Waals surface area contributed by atoms with Crippen LogP contribution in [0.15, 0.2) is 11.6 Å². The number of ether oxygens (including phenoxy) is 14. The molecule has 3 saturated carbocycles. The molecule has 0 bridgehead atoms. The molecule has 12 rings (SSSR count). The van der Waals surface area contributed by atoms with Gasteiger partial charge in [0, 0.05) is 12.3 Å². The molecule has 0 aromatic rings. The molecule has 33 heteroatoms. The van der Waals surface area contributed by atoms with Crippen molar-refractivity contribution in [2.24, 2.45) is 46.3 Å². The van der Waals surface area contributed by atoms with E-state index in [1.54, 1.807) is 0 Å². The monoisotopic (exact) mass is 1390 g/mol. The molecule has 33 nitrogen and oxygen atoms in total. The highest BCUT2D eigenvalue weighted by Gasteiger charge is 2.69. The molecular weight excluding hydrogens is 1280 g/mol. The van der Waals surface area contributed by atoms with E-state index in [0.29, 0.717) is 48.3 Å². The second kappa shape index (κ2) is 29.5. The van der Waals surface area contributed by atoms with Crippen molar-refractivity contribution in [2.45, 2.75) is 288 Å². The lowest BCUT2D eigenvalue weighted by Gasteiger charge is -2.58. The highest BCUT2D eigenvalue weighted by Crippen LogP contribution is 2.71. The van der Waals surface area contributed by atoms with Crippen molar-refractivity contribution in [3.8, 4) is 0 Å². The van der Waals surface area contributed by atoms with Gasteiger partial charge in [-0.1, -0.05) is 39.3 Å². The Morgan fingerprint density at radius 3 is 1.41 bits per heavy atom. The normalized spacial score (nSPS) is 56.0. The Labute approximate surface area is 553 Å². The number of allylic oxidation sites excluding steroid dienone is 1. The van der Waals surface area contributed by atoms with Gasteiger partial charge in [-0.05, 0) is 91.8 Å². The molecule has 8 saturated heterocycles. The second-order valence-electron chi connectivity index (χ2n) is 29.5. The first-order valence-electron chi connectivity index (χ1n) is 34.1. The van der Waals surface area contributed by atoms with Crippen molar-refractivity contribution in [3.63, 3.8) is 0 Å². The van der Waals surface area contributed by atoms with Gasteiger partial charge in [-0.15, -0.1) is 0 Å². The summed E-state index contributed by atoms with van der Waals surface area (Å²) in [6, 6.07) is 0. The predicted molar refractivity (Wildman–Crippen MR) is 314 cm³/mol. The third kappa shape index (κ3) is 13.1. The Balaban J connectivity index is 0.713. The minimum absolute atomic E-state index is 0.106.